The number of likely N-dealkylation sites (tertiary alicyclic amines) is 1. The van der Waals surface area contributed by atoms with Gasteiger partial charge >= 0.3 is 6.09 Å². The predicted octanol–water partition coefficient (Wildman–Crippen LogP) is 5.15. The Bertz CT molecular complexity index is 912. The highest BCUT2D eigenvalue weighted by Crippen LogP contribution is 2.59. The number of amides is 1. The van der Waals surface area contributed by atoms with Crippen LogP contribution in [-0.2, 0) is 18.9 Å². The van der Waals surface area contributed by atoms with Gasteiger partial charge in [0.05, 0.1) is 24.7 Å². The fourth-order valence-electron chi connectivity index (χ4n) is 7.13. The predicted molar refractivity (Wildman–Crippen MR) is 154 cm³/mol. The summed E-state index contributed by atoms with van der Waals surface area (Å²) in [7, 11) is 3.92. The molecule has 222 valence electrons. The van der Waals surface area contributed by atoms with Crippen LogP contribution < -0.4 is 5.32 Å². The first kappa shape index (κ1) is 30.5. The van der Waals surface area contributed by atoms with Gasteiger partial charge in [-0.3, -0.25) is 4.99 Å². The van der Waals surface area contributed by atoms with Gasteiger partial charge in [0.2, 0.25) is 0 Å². The summed E-state index contributed by atoms with van der Waals surface area (Å²) in [6, 6.07) is 0.463. The standard InChI is InChI=1S/C31H53N3O5/c1-9-23(32-17-15-22-11-10-18-34(22)7)26(21(4)5)33-29(35)38-24-14-16-31(19-37-31)28(27(24)36-8)30(6)25(39-30)13-12-20(2)3/h12,21-22,24-28H,9-11,13-19H2,1-8H3,(H,33,35). The molecule has 0 radical (unpaired) electrons. The third kappa shape index (κ3) is 6.88. The minimum absolute atomic E-state index is 0.0134. The Kier molecular flexibility index (Phi) is 9.83. The van der Waals surface area contributed by atoms with E-state index in [2.05, 4.69) is 64.9 Å². The van der Waals surface area contributed by atoms with Crippen LogP contribution in [0.1, 0.15) is 86.5 Å². The zero-order valence-electron chi connectivity index (χ0n) is 25.6. The first-order valence-electron chi connectivity index (χ1n) is 15.2. The van der Waals surface area contributed by atoms with Gasteiger partial charge < -0.3 is 29.2 Å². The average Bonchev–Trinajstić information content (AvgIpc) is 3.76. The highest BCUT2D eigenvalue weighted by Gasteiger charge is 2.72. The molecular weight excluding hydrogens is 494 g/mol. The zero-order chi connectivity index (χ0) is 28.4. The van der Waals surface area contributed by atoms with Gasteiger partial charge in [0, 0.05) is 25.4 Å². The van der Waals surface area contributed by atoms with Gasteiger partial charge in [-0.2, -0.15) is 0 Å². The van der Waals surface area contributed by atoms with Crippen LogP contribution in [0, 0.1) is 11.8 Å². The van der Waals surface area contributed by atoms with Gasteiger partial charge in [-0.25, -0.2) is 4.79 Å². The lowest BCUT2D eigenvalue weighted by Gasteiger charge is -2.42. The van der Waals surface area contributed by atoms with Crippen molar-refractivity contribution in [3.05, 3.63) is 11.6 Å². The lowest BCUT2D eigenvalue weighted by molar-refractivity contribution is -0.118. The second-order valence-electron chi connectivity index (χ2n) is 13.0. The fraction of sp³-hybridized carbons (Fsp3) is 0.871. The van der Waals surface area contributed by atoms with Crippen LogP contribution in [0.5, 0.6) is 0 Å². The van der Waals surface area contributed by atoms with Gasteiger partial charge in [-0.05, 0) is 85.2 Å². The Morgan fingerprint density at radius 3 is 2.59 bits per heavy atom. The summed E-state index contributed by atoms with van der Waals surface area (Å²) in [5, 5.41) is 3.17. The van der Waals surface area contributed by atoms with Gasteiger partial charge in [-0.1, -0.05) is 32.4 Å². The molecule has 1 spiro atoms. The Morgan fingerprint density at radius 2 is 2.03 bits per heavy atom. The Hall–Kier alpha value is -1.48. The van der Waals surface area contributed by atoms with Crippen LogP contribution in [0.25, 0.3) is 0 Å². The molecule has 4 rings (SSSR count). The van der Waals surface area contributed by atoms with E-state index in [1.165, 1.54) is 25.0 Å². The number of epoxide rings is 2. The van der Waals surface area contributed by atoms with Crippen molar-refractivity contribution in [3.63, 3.8) is 0 Å². The molecule has 1 N–H and O–H groups in total. The molecule has 0 aromatic heterocycles. The van der Waals surface area contributed by atoms with Gasteiger partial charge in [-0.15, -0.1) is 0 Å². The summed E-state index contributed by atoms with van der Waals surface area (Å²) in [4.78, 5) is 20.7. The molecule has 1 amide bonds. The number of aliphatic imine (C=N–C) groups is 1. The Labute approximate surface area is 236 Å². The van der Waals surface area contributed by atoms with Crippen molar-refractivity contribution in [2.24, 2.45) is 16.8 Å². The van der Waals surface area contributed by atoms with Crippen molar-refractivity contribution in [1.29, 1.82) is 0 Å². The first-order chi connectivity index (χ1) is 18.5. The molecule has 8 nitrogen and oxygen atoms in total. The van der Waals surface area contributed by atoms with Crippen molar-refractivity contribution in [2.75, 3.05) is 33.9 Å². The molecule has 39 heavy (non-hydrogen) atoms. The molecule has 4 aliphatic rings. The number of nitrogens with zero attached hydrogens (tertiary/aromatic N) is 2. The molecule has 0 bridgehead atoms. The minimum Gasteiger partial charge on any atom is -0.443 e. The number of carbonyl (C=O) groups is 1. The minimum atomic E-state index is -0.396. The number of hydrogen-bond acceptors (Lipinski definition) is 7. The van der Waals surface area contributed by atoms with Gasteiger partial charge in [0.25, 0.3) is 0 Å². The molecule has 4 fully saturated rings. The van der Waals surface area contributed by atoms with Crippen molar-refractivity contribution >= 4 is 11.8 Å². The number of rotatable bonds is 12. The molecule has 8 unspecified atom stereocenters. The van der Waals surface area contributed by atoms with E-state index in [0.29, 0.717) is 19.1 Å². The third-order valence-corrected chi connectivity index (χ3v) is 9.61. The summed E-state index contributed by atoms with van der Waals surface area (Å²) in [5.74, 6) is 0.222. The number of carbonyl (C=O) groups excluding carboxylic acids is 1. The van der Waals surface area contributed by atoms with Crippen LogP contribution in [0.15, 0.2) is 16.6 Å². The molecule has 8 atom stereocenters. The number of ether oxygens (including phenoxy) is 4. The SMILES string of the molecule is CCC(=NCCC1CCCN1C)C(NC(=O)OC1CCC2(CO2)C(C2(C)OC2CC=C(C)C)C1OC)C(C)C. The second kappa shape index (κ2) is 12.6. The highest BCUT2D eigenvalue weighted by atomic mass is 16.6. The number of hydrogen-bond donors (Lipinski definition) is 1. The quantitative estimate of drug-likeness (QED) is 0.207. The van der Waals surface area contributed by atoms with E-state index in [1.54, 1.807) is 7.11 Å². The zero-order valence-corrected chi connectivity index (χ0v) is 25.6. The number of methoxy groups -OCH3 is 1. The summed E-state index contributed by atoms with van der Waals surface area (Å²) >= 11 is 0. The first-order valence-corrected chi connectivity index (χ1v) is 15.2. The molecule has 1 aliphatic carbocycles. The Balaban J connectivity index is 1.39. The van der Waals surface area contributed by atoms with Crippen LogP contribution >= 0.6 is 0 Å². The Morgan fingerprint density at radius 1 is 1.28 bits per heavy atom. The number of nitrogens with one attached hydrogen (secondary N) is 1. The third-order valence-electron chi connectivity index (χ3n) is 9.61. The van der Waals surface area contributed by atoms with E-state index in [1.807, 2.05) is 0 Å². The van der Waals surface area contributed by atoms with E-state index >= 15 is 0 Å². The second-order valence-corrected chi connectivity index (χ2v) is 13.0. The van der Waals surface area contributed by atoms with E-state index < -0.39 is 6.09 Å². The normalized spacial score (nSPS) is 37.2. The van der Waals surface area contributed by atoms with Crippen molar-refractivity contribution in [2.45, 2.75) is 128 Å². The topological polar surface area (TPSA) is 88.2 Å². The molecule has 3 saturated heterocycles. The fourth-order valence-corrected chi connectivity index (χ4v) is 7.13. The summed E-state index contributed by atoms with van der Waals surface area (Å²) in [6.45, 7) is 15.4. The van der Waals surface area contributed by atoms with Crippen LogP contribution in [0.4, 0.5) is 4.79 Å². The van der Waals surface area contributed by atoms with Crippen LogP contribution in [-0.4, -0.2) is 92.2 Å². The van der Waals surface area contributed by atoms with Crippen molar-refractivity contribution in [3.8, 4) is 0 Å². The number of allylic oxidation sites excluding steroid dienone is 1. The van der Waals surface area contributed by atoms with Crippen molar-refractivity contribution < 1.29 is 23.7 Å². The van der Waals surface area contributed by atoms with E-state index in [9.17, 15) is 4.79 Å². The molecule has 3 aliphatic heterocycles. The average molecular weight is 548 g/mol. The monoisotopic (exact) mass is 547 g/mol. The van der Waals surface area contributed by atoms with Crippen LogP contribution in [0.3, 0.4) is 0 Å². The lowest BCUT2D eigenvalue weighted by atomic mass is 9.68. The highest BCUT2D eigenvalue weighted by molar-refractivity contribution is 5.92. The maximum Gasteiger partial charge on any atom is 0.408 e. The largest absolute Gasteiger partial charge is 0.443 e. The maximum atomic E-state index is 13.3. The maximum absolute atomic E-state index is 13.3. The molecule has 3 heterocycles. The molecule has 0 aromatic rings. The van der Waals surface area contributed by atoms with Gasteiger partial charge in [0.1, 0.15) is 23.4 Å². The lowest BCUT2D eigenvalue weighted by Crippen LogP contribution is -2.56. The smallest absolute Gasteiger partial charge is 0.408 e. The molecule has 1 saturated carbocycles. The van der Waals surface area contributed by atoms with Crippen molar-refractivity contribution in [1.82, 2.24) is 10.2 Å². The van der Waals surface area contributed by atoms with E-state index in [4.69, 9.17) is 23.9 Å². The summed E-state index contributed by atoms with van der Waals surface area (Å²) in [6.07, 6.45) is 8.14. The van der Waals surface area contributed by atoms with E-state index in [0.717, 1.165) is 37.9 Å². The van der Waals surface area contributed by atoms with E-state index in [-0.39, 0.29) is 47.4 Å². The van der Waals surface area contributed by atoms with Crippen LogP contribution in [0.2, 0.25) is 0 Å². The summed E-state index contributed by atoms with van der Waals surface area (Å²) in [5.41, 5.74) is 1.74. The summed E-state index contributed by atoms with van der Waals surface area (Å²) < 4.78 is 24.5. The number of alkyl carbamates (subject to hydrolysis) is 1. The molecule has 8 heteroatoms. The molecule has 0 aromatic carbocycles. The molecular formula is C31H53N3O5. The van der Waals surface area contributed by atoms with Gasteiger partial charge in [0.15, 0.2) is 0 Å².